The molecular formula is C52H36N4. The van der Waals surface area contributed by atoms with Crippen molar-refractivity contribution in [2.45, 2.75) is 6.17 Å². The van der Waals surface area contributed by atoms with Crippen molar-refractivity contribution in [2.24, 2.45) is 4.99 Å². The van der Waals surface area contributed by atoms with Crippen LogP contribution in [0, 0.1) is 0 Å². The van der Waals surface area contributed by atoms with Crippen molar-refractivity contribution in [1.82, 2.24) is 14.5 Å². The zero-order valence-corrected chi connectivity index (χ0v) is 30.5. The van der Waals surface area contributed by atoms with Crippen LogP contribution in [0.2, 0.25) is 0 Å². The molecule has 4 heteroatoms. The van der Waals surface area contributed by atoms with Crippen LogP contribution in [0.15, 0.2) is 205 Å². The third-order valence-electron chi connectivity index (χ3n) is 11.2. The summed E-state index contributed by atoms with van der Waals surface area (Å²) >= 11 is 0. The summed E-state index contributed by atoms with van der Waals surface area (Å²) in [5, 5.41) is 8.67. The van der Waals surface area contributed by atoms with E-state index in [-0.39, 0.29) is 6.17 Å². The van der Waals surface area contributed by atoms with E-state index in [1.54, 1.807) is 0 Å². The van der Waals surface area contributed by atoms with Gasteiger partial charge in [-0.1, -0.05) is 133 Å². The van der Waals surface area contributed by atoms with Gasteiger partial charge in [0.15, 0.2) is 0 Å². The van der Waals surface area contributed by atoms with Crippen LogP contribution in [-0.4, -0.2) is 15.3 Å². The van der Waals surface area contributed by atoms with E-state index in [1.165, 1.54) is 71.6 Å². The number of nitrogens with one attached hydrogen (secondary N) is 1. The second-order valence-corrected chi connectivity index (χ2v) is 14.5. The summed E-state index contributed by atoms with van der Waals surface area (Å²) in [4.78, 5) is 4.87. The molecular weight excluding hydrogens is 681 g/mol. The summed E-state index contributed by atoms with van der Waals surface area (Å²) in [5.41, 5.74) is 15.2. The Balaban J connectivity index is 0.950. The van der Waals surface area contributed by atoms with Gasteiger partial charge in [0.05, 0.1) is 22.1 Å². The Morgan fingerprint density at radius 2 is 0.875 bits per heavy atom. The van der Waals surface area contributed by atoms with Crippen LogP contribution in [0.5, 0.6) is 0 Å². The lowest BCUT2D eigenvalue weighted by atomic mass is 10.0. The molecule has 1 atom stereocenters. The Kier molecular flexibility index (Phi) is 7.52. The van der Waals surface area contributed by atoms with Gasteiger partial charge in [-0.25, -0.2) is 0 Å². The lowest BCUT2D eigenvalue weighted by Crippen LogP contribution is -2.21. The quantitative estimate of drug-likeness (QED) is 0.183. The topological polar surface area (TPSA) is 34.2 Å². The highest BCUT2D eigenvalue weighted by molar-refractivity contribution is 6.12. The summed E-state index contributed by atoms with van der Waals surface area (Å²) in [6.07, 6.45) is 3.78. The van der Waals surface area contributed by atoms with Gasteiger partial charge in [0, 0.05) is 44.8 Å². The number of rotatable bonds is 6. The number of aromatic nitrogens is 2. The number of fused-ring (bicyclic) bond motifs is 6. The first kappa shape index (κ1) is 32.0. The lowest BCUT2D eigenvalue weighted by Gasteiger charge is -2.22. The minimum absolute atomic E-state index is 0.203. The first-order chi connectivity index (χ1) is 27.8. The molecule has 10 aromatic rings. The van der Waals surface area contributed by atoms with Crippen molar-refractivity contribution >= 4 is 55.5 Å². The molecule has 4 nitrogen and oxygen atoms in total. The van der Waals surface area contributed by atoms with Gasteiger partial charge in [0.2, 0.25) is 0 Å². The second-order valence-electron chi connectivity index (χ2n) is 14.5. The van der Waals surface area contributed by atoms with Crippen LogP contribution in [0.25, 0.3) is 82.9 Å². The first-order valence-corrected chi connectivity index (χ1v) is 19.2. The van der Waals surface area contributed by atoms with Gasteiger partial charge in [0.1, 0.15) is 6.17 Å². The van der Waals surface area contributed by atoms with Gasteiger partial charge in [0.25, 0.3) is 0 Å². The average molecular weight is 717 g/mol. The zero-order chi connectivity index (χ0) is 37.0. The highest BCUT2D eigenvalue weighted by Gasteiger charge is 2.19. The van der Waals surface area contributed by atoms with Gasteiger partial charge in [-0.05, 0) is 100 Å². The molecule has 56 heavy (non-hydrogen) atoms. The third kappa shape index (κ3) is 5.34. The normalized spacial score (nSPS) is 14.1. The number of nitrogens with zero attached hydrogens (tertiary/aromatic N) is 3. The molecule has 0 amide bonds. The van der Waals surface area contributed by atoms with Crippen molar-refractivity contribution in [3.8, 4) is 33.6 Å². The van der Waals surface area contributed by atoms with E-state index in [0.717, 1.165) is 22.5 Å². The molecule has 8 aromatic carbocycles. The van der Waals surface area contributed by atoms with Crippen LogP contribution in [0.4, 0.5) is 0 Å². The maximum atomic E-state index is 4.87. The summed E-state index contributed by atoms with van der Waals surface area (Å²) in [6.45, 7) is 0. The Bertz CT molecular complexity index is 3150. The monoisotopic (exact) mass is 716 g/mol. The largest absolute Gasteiger partial charge is 0.360 e. The third-order valence-corrected chi connectivity index (χ3v) is 11.2. The molecule has 0 radical (unpaired) electrons. The van der Waals surface area contributed by atoms with E-state index >= 15 is 0 Å². The Labute approximate surface area is 324 Å². The highest BCUT2D eigenvalue weighted by atomic mass is 15.1. The molecule has 1 aliphatic rings. The standard InChI is InChI=1S/C52H36N4/c1-3-12-35(13-4-1)36-22-24-37(25-23-36)47-30-31-53-52(54-47)40-14-11-17-42(32-40)56-49-21-10-8-19-44(49)46-34-39(27-29-51(46)56)38-26-28-50-45(33-38)43-18-7-9-20-48(43)55(50)41-15-5-2-6-16-41/h1-34,52,54H. The molecule has 3 heterocycles. The van der Waals surface area contributed by atoms with E-state index in [2.05, 4.69) is 215 Å². The van der Waals surface area contributed by atoms with Crippen LogP contribution in [-0.2, 0) is 0 Å². The molecule has 0 saturated heterocycles. The summed E-state index contributed by atoms with van der Waals surface area (Å²) < 4.78 is 4.76. The molecule has 1 unspecified atom stereocenters. The van der Waals surface area contributed by atoms with Gasteiger partial charge < -0.3 is 14.5 Å². The summed E-state index contributed by atoms with van der Waals surface area (Å²) in [6, 6.07) is 69.9. The van der Waals surface area contributed by atoms with Crippen molar-refractivity contribution in [1.29, 1.82) is 0 Å². The number of allylic oxidation sites excluding steroid dienone is 1. The van der Waals surface area contributed by atoms with Crippen molar-refractivity contribution < 1.29 is 0 Å². The smallest absolute Gasteiger partial charge is 0.144 e. The van der Waals surface area contributed by atoms with Crippen LogP contribution < -0.4 is 5.32 Å². The molecule has 0 aliphatic carbocycles. The van der Waals surface area contributed by atoms with E-state index < -0.39 is 0 Å². The van der Waals surface area contributed by atoms with Gasteiger partial charge in [-0.3, -0.25) is 4.99 Å². The fourth-order valence-corrected chi connectivity index (χ4v) is 8.53. The second kappa shape index (κ2) is 13.2. The Morgan fingerprint density at radius 3 is 1.54 bits per heavy atom. The summed E-state index contributed by atoms with van der Waals surface area (Å²) in [5.74, 6) is 0. The highest BCUT2D eigenvalue weighted by Crippen LogP contribution is 2.39. The molecule has 0 fully saturated rings. The summed E-state index contributed by atoms with van der Waals surface area (Å²) in [7, 11) is 0. The predicted molar refractivity (Wildman–Crippen MR) is 235 cm³/mol. The molecule has 0 spiro atoms. The minimum Gasteiger partial charge on any atom is -0.360 e. The molecule has 264 valence electrons. The fraction of sp³-hybridized carbons (Fsp3) is 0.0192. The SMILES string of the molecule is C1=NC(c2cccc(-n3c4ccccc4c4cc(-c5ccc6c(c5)c5ccccc5n6-c5ccccc5)ccc43)c2)NC(c2ccc(-c3ccccc3)cc2)=C1. The first-order valence-electron chi connectivity index (χ1n) is 19.2. The number of benzene rings is 8. The van der Waals surface area contributed by atoms with Gasteiger partial charge in [-0.15, -0.1) is 0 Å². The van der Waals surface area contributed by atoms with Crippen molar-refractivity contribution in [3.63, 3.8) is 0 Å². The van der Waals surface area contributed by atoms with E-state index in [9.17, 15) is 0 Å². The minimum atomic E-state index is -0.203. The van der Waals surface area contributed by atoms with E-state index in [4.69, 9.17) is 4.99 Å². The lowest BCUT2D eigenvalue weighted by molar-refractivity contribution is 0.667. The average Bonchev–Trinajstić information content (AvgIpc) is 3.79. The molecule has 0 saturated carbocycles. The maximum Gasteiger partial charge on any atom is 0.144 e. The van der Waals surface area contributed by atoms with E-state index in [0.29, 0.717) is 0 Å². The Morgan fingerprint density at radius 1 is 0.375 bits per heavy atom. The van der Waals surface area contributed by atoms with Crippen LogP contribution in [0.3, 0.4) is 0 Å². The molecule has 0 bridgehead atoms. The van der Waals surface area contributed by atoms with Crippen LogP contribution >= 0.6 is 0 Å². The number of hydrogen-bond acceptors (Lipinski definition) is 2. The van der Waals surface area contributed by atoms with Crippen LogP contribution in [0.1, 0.15) is 17.3 Å². The Hall–Kier alpha value is -7.43. The molecule has 1 N–H and O–H groups in total. The van der Waals surface area contributed by atoms with Crippen molar-refractivity contribution in [2.75, 3.05) is 0 Å². The zero-order valence-electron chi connectivity index (χ0n) is 30.5. The number of hydrogen-bond donors (Lipinski definition) is 1. The molecule has 2 aromatic heterocycles. The fourth-order valence-electron chi connectivity index (χ4n) is 8.53. The number of para-hydroxylation sites is 3. The predicted octanol–water partition coefficient (Wildman–Crippen LogP) is 12.9. The maximum absolute atomic E-state index is 4.87. The molecule has 1 aliphatic heterocycles. The van der Waals surface area contributed by atoms with E-state index in [1.807, 2.05) is 6.21 Å². The van der Waals surface area contributed by atoms with Gasteiger partial charge >= 0.3 is 0 Å². The van der Waals surface area contributed by atoms with Crippen molar-refractivity contribution in [3.05, 3.63) is 211 Å². The van der Waals surface area contributed by atoms with Gasteiger partial charge in [-0.2, -0.15) is 0 Å². The molecule has 11 rings (SSSR count). The number of aliphatic imine (C=N–C) groups is 1.